The van der Waals surface area contributed by atoms with Crippen molar-refractivity contribution < 1.29 is 14.6 Å². The van der Waals surface area contributed by atoms with E-state index in [1.807, 2.05) is 6.07 Å². The van der Waals surface area contributed by atoms with E-state index in [1.54, 1.807) is 30.3 Å². The van der Waals surface area contributed by atoms with Crippen LogP contribution >= 0.6 is 0 Å². The predicted molar refractivity (Wildman–Crippen MR) is 84.6 cm³/mol. The van der Waals surface area contributed by atoms with Crippen LogP contribution in [0.2, 0.25) is 0 Å². The van der Waals surface area contributed by atoms with Crippen molar-refractivity contribution >= 4 is 16.7 Å². The molecule has 0 aliphatic carbocycles. The molecule has 0 spiro atoms. The van der Waals surface area contributed by atoms with Crippen LogP contribution in [-0.2, 0) is 4.74 Å². The quantitative estimate of drug-likeness (QED) is 0.627. The van der Waals surface area contributed by atoms with Crippen LogP contribution in [0.5, 0.6) is 5.75 Å². The molecule has 112 valence electrons. The number of benzene rings is 2. The summed E-state index contributed by atoms with van der Waals surface area (Å²) >= 11 is 0. The molecule has 0 amide bonds. The van der Waals surface area contributed by atoms with Crippen LogP contribution in [-0.4, -0.2) is 17.7 Å². The second kappa shape index (κ2) is 7.11. The number of aromatic hydroxyl groups is 1. The molecule has 3 nitrogen and oxygen atoms in total. The molecule has 0 aliphatic heterocycles. The van der Waals surface area contributed by atoms with Crippen molar-refractivity contribution in [1.29, 1.82) is 0 Å². The molecule has 0 radical (unpaired) electrons. The number of esters is 1. The van der Waals surface area contributed by atoms with E-state index >= 15 is 0 Å². The number of ether oxygens (including phenoxy) is 1. The third-order valence-electron chi connectivity index (χ3n) is 3.83. The van der Waals surface area contributed by atoms with Gasteiger partial charge in [-0.25, -0.2) is 4.79 Å². The van der Waals surface area contributed by atoms with E-state index in [0.717, 1.165) is 30.0 Å². The summed E-state index contributed by atoms with van der Waals surface area (Å²) in [7, 11) is 0. The zero-order chi connectivity index (χ0) is 15.2. The third kappa shape index (κ3) is 4.22. The lowest BCUT2D eigenvalue weighted by Crippen LogP contribution is -2.07. The number of hydrogen-bond acceptors (Lipinski definition) is 3. The fourth-order valence-corrected chi connectivity index (χ4v) is 2.24. The molecule has 1 N–H and O–H groups in total. The molecule has 21 heavy (non-hydrogen) atoms. The summed E-state index contributed by atoms with van der Waals surface area (Å²) in [6, 6.07) is 10.4. The summed E-state index contributed by atoms with van der Waals surface area (Å²) in [5.41, 5.74) is 0.553. The van der Waals surface area contributed by atoms with E-state index in [2.05, 4.69) is 13.8 Å². The second-order valence-corrected chi connectivity index (χ2v) is 5.54. The number of rotatable bonds is 6. The van der Waals surface area contributed by atoms with Gasteiger partial charge in [0, 0.05) is 0 Å². The van der Waals surface area contributed by atoms with Crippen molar-refractivity contribution in [3.8, 4) is 5.75 Å². The van der Waals surface area contributed by atoms with Crippen LogP contribution in [0.15, 0.2) is 36.4 Å². The van der Waals surface area contributed by atoms with Crippen molar-refractivity contribution in [1.82, 2.24) is 0 Å². The molecule has 0 fully saturated rings. The minimum Gasteiger partial charge on any atom is -0.508 e. The van der Waals surface area contributed by atoms with Crippen LogP contribution in [0.1, 0.15) is 43.5 Å². The van der Waals surface area contributed by atoms with E-state index in [4.69, 9.17) is 4.74 Å². The van der Waals surface area contributed by atoms with Crippen molar-refractivity contribution in [2.75, 3.05) is 6.61 Å². The number of hydrogen-bond donors (Lipinski definition) is 1. The second-order valence-electron chi connectivity index (χ2n) is 5.54. The molecule has 2 aromatic carbocycles. The lowest BCUT2D eigenvalue weighted by molar-refractivity contribution is 0.0494. The molecule has 0 aromatic heterocycles. The molecule has 2 aromatic rings. The Kier molecular flexibility index (Phi) is 5.20. The molecule has 0 aliphatic rings. The van der Waals surface area contributed by atoms with Crippen LogP contribution in [0.3, 0.4) is 0 Å². The monoisotopic (exact) mass is 286 g/mol. The van der Waals surface area contributed by atoms with Gasteiger partial charge in [0.2, 0.25) is 0 Å². The first-order valence-corrected chi connectivity index (χ1v) is 7.50. The normalized spacial score (nSPS) is 12.3. The maximum atomic E-state index is 12.0. The fourth-order valence-electron chi connectivity index (χ4n) is 2.24. The highest BCUT2D eigenvalue weighted by Gasteiger charge is 2.08. The van der Waals surface area contributed by atoms with Gasteiger partial charge in [0.05, 0.1) is 12.2 Å². The molecular weight excluding hydrogens is 264 g/mol. The van der Waals surface area contributed by atoms with Gasteiger partial charge in [-0.3, -0.25) is 0 Å². The lowest BCUT2D eigenvalue weighted by atomic mass is 10.0. The van der Waals surface area contributed by atoms with Crippen molar-refractivity contribution in [3.05, 3.63) is 42.0 Å². The van der Waals surface area contributed by atoms with Crippen molar-refractivity contribution in [3.63, 3.8) is 0 Å². The maximum absolute atomic E-state index is 12.0. The Morgan fingerprint density at radius 1 is 1.19 bits per heavy atom. The Morgan fingerprint density at radius 2 is 1.90 bits per heavy atom. The molecule has 0 heterocycles. The van der Waals surface area contributed by atoms with Crippen LogP contribution < -0.4 is 0 Å². The fraction of sp³-hybridized carbons (Fsp3) is 0.389. The van der Waals surface area contributed by atoms with Gasteiger partial charge in [-0.2, -0.15) is 0 Å². The molecule has 0 saturated heterocycles. The van der Waals surface area contributed by atoms with E-state index < -0.39 is 0 Å². The van der Waals surface area contributed by atoms with Crippen LogP contribution in [0.4, 0.5) is 0 Å². The third-order valence-corrected chi connectivity index (χ3v) is 3.83. The average molecular weight is 286 g/mol. The van der Waals surface area contributed by atoms with E-state index in [9.17, 15) is 9.90 Å². The Balaban J connectivity index is 1.95. The first kappa shape index (κ1) is 15.4. The zero-order valence-electron chi connectivity index (χ0n) is 12.6. The number of phenolic OH excluding ortho intramolecular Hbond substituents is 1. The van der Waals surface area contributed by atoms with E-state index in [1.165, 1.54) is 0 Å². The largest absolute Gasteiger partial charge is 0.508 e. The van der Waals surface area contributed by atoms with Crippen molar-refractivity contribution in [2.24, 2.45) is 5.92 Å². The predicted octanol–water partition coefficient (Wildman–Crippen LogP) is 4.53. The van der Waals surface area contributed by atoms with Gasteiger partial charge in [0.25, 0.3) is 0 Å². The maximum Gasteiger partial charge on any atom is 0.338 e. The summed E-state index contributed by atoms with van der Waals surface area (Å²) in [6.07, 6.45) is 3.15. The Bertz CT molecular complexity index is 619. The van der Waals surface area contributed by atoms with Gasteiger partial charge in [-0.1, -0.05) is 32.4 Å². The summed E-state index contributed by atoms with van der Waals surface area (Å²) < 4.78 is 5.31. The molecule has 3 heteroatoms. The SMILES string of the molecule is CC[C@H](C)CCCOC(=O)c1ccc2cc(O)ccc2c1. The molecule has 0 bridgehead atoms. The van der Waals surface area contributed by atoms with Gasteiger partial charge >= 0.3 is 5.97 Å². The molecule has 0 saturated carbocycles. The number of carbonyl (C=O) groups excluding carboxylic acids is 1. The highest BCUT2D eigenvalue weighted by atomic mass is 16.5. The minimum absolute atomic E-state index is 0.225. The summed E-state index contributed by atoms with van der Waals surface area (Å²) in [5.74, 6) is 0.619. The van der Waals surface area contributed by atoms with Crippen LogP contribution in [0.25, 0.3) is 10.8 Å². The first-order chi connectivity index (χ1) is 10.1. The topological polar surface area (TPSA) is 46.5 Å². The van der Waals surface area contributed by atoms with Gasteiger partial charge in [-0.15, -0.1) is 0 Å². The molecule has 1 atom stereocenters. The summed E-state index contributed by atoms with van der Waals surface area (Å²) in [6.45, 7) is 4.85. The molecular formula is C18H22O3. The van der Waals surface area contributed by atoms with Crippen LogP contribution in [0, 0.1) is 5.92 Å². The average Bonchev–Trinajstić information content (AvgIpc) is 2.50. The number of carbonyl (C=O) groups is 1. The number of fused-ring (bicyclic) bond motifs is 1. The first-order valence-electron chi connectivity index (χ1n) is 7.50. The minimum atomic E-state index is -0.283. The number of phenols is 1. The highest BCUT2D eigenvalue weighted by Crippen LogP contribution is 2.21. The Labute approximate surface area is 125 Å². The summed E-state index contributed by atoms with van der Waals surface area (Å²) in [4.78, 5) is 12.0. The summed E-state index contributed by atoms with van der Waals surface area (Å²) in [5, 5.41) is 11.2. The van der Waals surface area contributed by atoms with Gasteiger partial charge in [0.15, 0.2) is 0 Å². The highest BCUT2D eigenvalue weighted by molar-refractivity contribution is 5.95. The van der Waals surface area contributed by atoms with Gasteiger partial charge < -0.3 is 9.84 Å². The standard InChI is InChI=1S/C18H22O3/c1-3-13(2)5-4-10-21-18(20)16-7-6-15-12-17(19)9-8-14(15)11-16/h6-9,11-13,19H,3-5,10H2,1-2H3/t13-/m0/s1. The smallest absolute Gasteiger partial charge is 0.338 e. The van der Waals surface area contributed by atoms with E-state index in [-0.39, 0.29) is 11.7 Å². The van der Waals surface area contributed by atoms with E-state index in [0.29, 0.717) is 18.1 Å². The Morgan fingerprint density at radius 3 is 2.67 bits per heavy atom. The lowest BCUT2D eigenvalue weighted by Gasteiger charge is -2.09. The molecule has 0 unspecified atom stereocenters. The van der Waals surface area contributed by atoms with Gasteiger partial charge in [-0.05, 0) is 53.8 Å². The zero-order valence-corrected chi connectivity index (χ0v) is 12.6. The van der Waals surface area contributed by atoms with Gasteiger partial charge in [0.1, 0.15) is 5.75 Å². The Hall–Kier alpha value is -2.03. The van der Waals surface area contributed by atoms with Crippen molar-refractivity contribution in [2.45, 2.75) is 33.1 Å². The molecule has 2 rings (SSSR count).